The topological polar surface area (TPSA) is 59.1 Å². The van der Waals surface area contributed by atoms with E-state index >= 15 is 0 Å². The molecule has 8 heteroatoms. The fraction of sp³-hybridized carbons (Fsp3) is 0.200. The van der Waals surface area contributed by atoms with Crippen LogP contribution in [0.15, 0.2) is 54.6 Å². The first-order chi connectivity index (χ1) is 13.3. The normalized spacial score (nSPS) is 11.2. The lowest BCUT2D eigenvalue weighted by Crippen LogP contribution is -2.05. The molecular weight excluding hydrogens is 369 g/mol. The summed E-state index contributed by atoms with van der Waals surface area (Å²) >= 11 is 0. The molecular formula is C20H19F3N4O. The second-order valence-corrected chi connectivity index (χ2v) is 6.00. The largest absolute Gasteiger partial charge is 0.494 e. The van der Waals surface area contributed by atoms with Gasteiger partial charge in [0.25, 0.3) is 0 Å². The Kier molecular flexibility index (Phi) is 5.67. The first-order valence-corrected chi connectivity index (χ1v) is 8.63. The van der Waals surface area contributed by atoms with Crippen LogP contribution in [-0.2, 0) is 6.18 Å². The summed E-state index contributed by atoms with van der Waals surface area (Å²) in [4.78, 5) is 8.70. The van der Waals surface area contributed by atoms with Crippen LogP contribution >= 0.6 is 0 Å². The van der Waals surface area contributed by atoms with Gasteiger partial charge in [-0.25, -0.2) is 4.98 Å². The van der Waals surface area contributed by atoms with Crippen molar-refractivity contribution in [3.8, 4) is 5.75 Å². The van der Waals surface area contributed by atoms with Crippen molar-refractivity contribution in [2.45, 2.75) is 20.0 Å². The average Bonchev–Trinajstić information content (AvgIpc) is 2.63. The second-order valence-electron chi connectivity index (χ2n) is 6.00. The number of alkyl halides is 3. The number of aryl methyl sites for hydroxylation is 1. The third-order valence-electron chi connectivity index (χ3n) is 3.76. The minimum Gasteiger partial charge on any atom is -0.494 e. The van der Waals surface area contributed by atoms with E-state index in [9.17, 15) is 13.2 Å². The summed E-state index contributed by atoms with van der Waals surface area (Å²) in [6.07, 6.45) is -4.36. The lowest BCUT2D eigenvalue weighted by molar-refractivity contribution is -0.137. The van der Waals surface area contributed by atoms with Crippen molar-refractivity contribution in [3.05, 3.63) is 65.9 Å². The Morgan fingerprint density at radius 2 is 1.50 bits per heavy atom. The fourth-order valence-corrected chi connectivity index (χ4v) is 2.51. The van der Waals surface area contributed by atoms with Gasteiger partial charge in [0.1, 0.15) is 11.6 Å². The lowest BCUT2D eigenvalue weighted by atomic mass is 10.2. The Bertz CT molecular complexity index is 926. The molecule has 3 aromatic rings. The molecule has 0 spiro atoms. The molecule has 0 radical (unpaired) electrons. The highest BCUT2D eigenvalue weighted by Gasteiger charge is 2.29. The van der Waals surface area contributed by atoms with Gasteiger partial charge in [0.2, 0.25) is 5.95 Å². The molecule has 0 amide bonds. The van der Waals surface area contributed by atoms with E-state index < -0.39 is 11.7 Å². The molecule has 5 nitrogen and oxygen atoms in total. The zero-order valence-corrected chi connectivity index (χ0v) is 15.3. The monoisotopic (exact) mass is 388 g/mol. The second kappa shape index (κ2) is 8.16. The van der Waals surface area contributed by atoms with E-state index in [1.807, 2.05) is 38.1 Å². The predicted molar refractivity (Wildman–Crippen MR) is 102 cm³/mol. The van der Waals surface area contributed by atoms with E-state index in [2.05, 4.69) is 20.6 Å². The molecule has 0 aliphatic heterocycles. The number of nitrogens with zero attached hydrogens (tertiary/aromatic N) is 2. The third-order valence-corrected chi connectivity index (χ3v) is 3.76. The van der Waals surface area contributed by atoms with E-state index in [1.54, 1.807) is 6.07 Å². The molecule has 0 unspecified atom stereocenters. The van der Waals surface area contributed by atoms with Gasteiger partial charge >= 0.3 is 6.18 Å². The smallest absolute Gasteiger partial charge is 0.416 e. The van der Waals surface area contributed by atoms with Crippen LogP contribution in [0.5, 0.6) is 5.75 Å². The van der Waals surface area contributed by atoms with E-state index in [1.165, 1.54) is 12.1 Å². The van der Waals surface area contributed by atoms with Gasteiger partial charge in [0.15, 0.2) is 0 Å². The Hall–Kier alpha value is -3.29. The number of hydrogen-bond acceptors (Lipinski definition) is 5. The van der Waals surface area contributed by atoms with Gasteiger partial charge in [-0.3, -0.25) is 0 Å². The van der Waals surface area contributed by atoms with Gasteiger partial charge in [-0.1, -0.05) is 0 Å². The standard InChI is InChI=1S/C20H19F3N4O/c1-3-28-17-10-8-16(9-11-17)26-19-24-13(2)12-18(27-19)25-15-6-4-14(5-7-15)20(21,22)23/h4-12H,3H2,1-2H3,(H2,24,25,26,27). The van der Waals surface area contributed by atoms with Crippen LogP contribution in [0.3, 0.4) is 0 Å². The zero-order valence-electron chi connectivity index (χ0n) is 15.3. The number of halogens is 3. The molecule has 0 saturated heterocycles. The van der Waals surface area contributed by atoms with Crippen LogP contribution in [0.4, 0.5) is 36.3 Å². The van der Waals surface area contributed by atoms with Crippen molar-refractivity contribution >= 4 is 23.1 Å². The predicted octanol–water partition coefficient (Wildman–Crippen LogP) is 5.69. The van der Waals surface area contributed by atoms with Crippen LogP contribution in [0.2, 0.25) is 0 Å². The summed E-state index contributed by atoms with van der Waals surface area (Å²) in [6.45, 7) is 4.31. The maximum Gasteiger partial charge on any atom is 0.416 e. The molecule has 0 saturated carbocycles. The van der Waals surface area contributed by atoms with E-state index in [0.717, 1.165) is 23.6 Å². The van der Waals surface area contributed by atoms with Gasteiger partial charge in [-0.05, 0) is 62.4 Å². The minimum absolute atomic E-state index is 0.374. The maximum atomic E-state index is 12.7. The first kappa shape index (κ1) is 19.5. The molecule has 0 bridgehead atoms. The number of aromatic nitrogens is 2. The number of anilines is 4. The van der Waals surface area contributed by atoms with E-state index in [4.69, 9.17) is 4.74 Å². The molecule has 0 fully saturated rings. The summed E-state index contributed by atoms with van der Waals surface area (Å²) in [6, 6.07) is 13.8. The Balaban J connectivity index is 1.74. The van der Waals surface area contributed by atoms with Crippen LogP contribution in [0, 0.1) is 6.92 Å². The number of ether oxygens (including phenoxy) is 1. The lowest BCUT2D eigenvalue weighted by Gasteiger charge is -2.11. The minimum atomic E-state index is -4.36. The van der Waals surface area contributed by atoms with Crippen LogP contribution in [0.25, 0.3) is 0 Å². The van der Waals surface area contributed by atoms with Gasteiger partial charge in [-0.2, -0.15) is 18.2 Å². The summed E-state index contributed by atoms with van der Waals surface area (Å²) < 4.78 is 43.4. The molecule has 1 aromatic heterocycles. The van der Waals surface area contributed by atoms with Crippen molar-refractivity contribution in [3.63, 3.8) is 0 Å². The molecule has 146 valence electrons. The van der Waals surface area contributed by atoms with Crippen LogP contribution in [0.1, 0.15) is 18.2 Å². The quantitative estimate of drug-likeness (QED) is 0.568. The average molecular weight is 388 g/mol. The van der Waals surface area contributed by atoms with Crippen molar-refractivity contribution in [2.75, 3.05) is 17.2 Å². The van der Waals surface area contributed by atoms with Crippen LogP contribution < -0.4 is 15.4 Å². The highest BCUT2D eigenvalue weighted by Crippen LogP contribution is 2.30. The molecule has 28 heavy (non-hydrogen) atoms. The number of hydrogen-bond donors (Lipinski definition) is 2. The van der Waals surface area contributed by atoms with Crippen molar-refractivity contribution in [1.82, 2.24) is 9.97 Å². The van der Waals surface area contributed by atoms with Crippen molar-refractivity contribution in [2.24, 2.45) is 0 Å². The summed E-state index contributed by atoms with van der Waals surface area (Å²) in [7, 11) is 0. The van der Waals surface area contributed by atoms with Gasteiger partial charge in [0, 0.05) is 23.1 Å². The third kappa shape index (κ3) is 5.12. The molecule has 0 atom stereocenters. The summed E-state index contributed by atoms with van der Waals surface area (Å²) in [5.41, 5.74) is 1.29. The maximum absolute atomic E-state index is 12.7. The summed E-state index contributed by atoms with van der Waals surface area (Å²) in [5, 5.41) is 6.10. The van der Waals surface area contributed by atoms with E-state index in [0.29, 0.717) is 29.8 Å². The highest BCUT2D eigenvalue weighted by molar-refractivity contribution is 5.60. The Morgan fingerprint density at radius 1 is 0.893 bits per heavy atom. The van der Waals surface area contributed by atoms with Crippen molar-refractivity contribution < 1.29 is 17.9 Å². The van der Waals surface area contributed by atoms with Gasteiger partial charge < -0.3 is 15.4 Å². The van der Waals surface area contributed by atoms with Crippen molar-refractivity contribution in [1.29, 1.82) is 0 Å². The Labute approximate surface area is 160 Å². The molecule has 1 heterocycles. The molecule has 2 aromatic carbocycles. The first-order valence-electron chi connectivity index (χ1n) is 8.63. The Morgan fingerprint density at radius 3 is 2.11 bits per heavy atom. The molecule has 2 N–H and O–H groups in total. The molecule has 0 aliphatic rings. The number of nitrogens with one attached hydrogen (secondary N) is 2. The summed E-state index contributed by atoms with van der Waals surface area (Å²) in [5.74, 6) is 1.61. The molecule has 3 rings (SSSR count). The number of rotatable bonds is 6. The SMILES string of the molecule is CCOc1ccc(Nc2nc(C)cc(Nc3ccc(C(F)(F)F)cc3)n2)cc1. The zero-order chi connectivity index (χ0) is 20.1. The van der Waals surface area contributed by atoms with Gasteiger partial charge in [0.05, 0.1) is 12.2 Å². The van der Waals surface area contributed by atoms with Crippen LogP contribution in [-0.4, -0.2) is 16.6 Å². The van der Waals surface area contributed by atoms with E-state index in [-0.39, 0.29) is 0 Å². The fourth-order valence-electron chi connectivity index (χ4n) is 2.51. The number of benzene rings is 2. The highest BCUT2D eigenvalue weighted by atomic mass is 19.4. The van der Waals surface area contributed by atoms with Gasteiger partial charge in [-0.15, -0.1) is 0 Å². The molecule has 0 aliphatic carbocycles.